The molecule has 3 aromatic carbocycles. The van der Waals surface area contributed by atoms with Crippen LogP contribution in [0.1, 0.15) is 28.8 Å². The summed E-state index contributed by atoms with van der Waals surface area (Å²) >= 11 is 1.31. The number of carbonyl (C=O) groups is 2. The number of hydrogen-bond acceptors (Lipinski definition) is 5. The van der Waals surface area contributed by atoms with Gasteiger partial charge in [-0.1, -0.05) is 72.4 Å². The molecule has 2 heterocycles. The van der Waals surface area contributed by atoms with Crippen molar-refractivity contribution < 1.29 is 9.59 Å². The van der Waals surface area contributed by atoms with Crippen molar-refractivity contribution in [3.63, 3.8) is 0 Å². The van der Waals surface area contributed by atoms with Crippen molar-refractivity contribution in [1.82, 2.24) is 19.7 Å². The van der Waals surface area contributed by atoms with Crippen molar-refractivity contribution in [3.05, 3.63) is 90.0 Å². The maximum Gasteiger partial charge on any atom is 0.256 e. The zero-order valence-corrected chi connectivity index (χ0v) is 20.9. The van der Waals surface area contributed by atoms with E-state index in [1.807, 2.05) is 89.2 Å². The Morgan fingerprint density at radius 3 is 2.31 bits per heavy atom. The van der Waals surface area contributed by atoms with Gasteiger partial charge in [0.1, 0.15) is 0 Å². The normalized spacial score (nSPS) is 13.1. The summed E-state index contributed by atoms with van der Waals surface area (Å²) in [6.07, 6.45) is 2.03. The van der Waals surface area contributed by atoms with Crippen LogP contribution in [0.25, 0.3) is 17.1 Å². The molecule has 1 saturated heterocycles. The lowest BCUT2D eigenvalue weighted by molar-refractivity contribution is -0.113. The first-order valence-corrected chi connectivity index (χ1v) is 13.0. The summed E-state index contributed by atoms with van der Waals surface area (Å²) in [4.78, 5) is 28.0. The summed E-state index contributed by atoms with van der Waals surface area (Å²) in [7, 11) is 0. The highest BCUT2D eigenvalue weighted by Gasteiger charge is 2.24. The molecule has 5 rings (SSSR count). The molecule has 8 heteroatoms. The number of para-hydroxylation sites is 1. The molecule has 1 aliphatic heterocycles. The van der Waals surface area contributed by atoms with Crippen LogP contribution in [0.3, 0.4) is 0 Å². The largest absolute Gasteiger partial charge is 0.339 e. The third-order valence-corrected chi connectivity index (χ3v) is 7.10. The molecule has 2 amide bonds. The molecule has 182 valence electrons. The maximum absolute atomic E-state index is 13.1. The second-order valence-corrected chi connectivity index (χ2v) is 9.62. The lowest BCUT2D eigenvalue weighted by atomic mass is 10.0. The molecule has 1 fully saturated rings. The molecule has 0 unspecified atom stereocenters. The van der Waals surface area contributed by atoms with Gasteiger partial charge in [0.2, 0.25) is 5.91 Å². The first-order valence-electron chi connectivity index (χ1n) is 12.0. The van der Waals surface area contributed by atoms with Gasteiger partial charge < -0.3 is 10.2 Å². The lowest BCUT2D eigenvalue weighted by Gasteiger charge is -2.19. The van der Waals surface area contributed by atoms with Gasteiger partial charge in [-0.2, -0.15) is 0 Å². The lowest BCUT2D eigenvalue weighted by Crippen LogP contribution is -2.29. The Labute approximate surface area is 214 Å². The minimum Gasteiger partial charge on any atom is -0.339 e. The zero-order chi connectivity index (χ0) is 24.9. The van der Waals surface area contributed by atoms with E-state index < -0.39 is 0 Å². The minimum absolute atomic E-state index is 0.0233. The second-order valence-electron chi connectivity index (χ2n) is 8.68. The van der Waals surface area contributed by atoms with E-state index in [0.717, 1.165) is 42.7 Å². The fraction of sp³-hybridized carbons (Fsp3) is 0.214. The van der Waals surface area contributed by atoms with Crippen molar-refractivity contribution in [2.75, 3.05) is 24.2 Å². The number of aryl methyl sites for hydroxylation is 1. The summed E-state index contributed by atoms with van der Waals surface area (Å²) < 4.78 is 1.96. The third-order valence-electron chi connectivity index (χ3n) is 6.17. The van der Waals surface area contributed by atoms with Crippen LogP contribution in [0.2, 0.25) is 0 Å². The predicted octanol–water partition coefficient (Wildman–Crippen LogP) is 5.21. The van der Waals surface area contributed by atoms with Gasteiger partial charge in [0.15, 0.2) is 11.0 Å². The monoisotopic (exact) mass is 497 g/mol. The van der Waals surface area contributed by atoms with Crippen molar-refractivity contribution in [3.8, 4) is 17.1 Å². The first kappa shape index (κ1) is 23.8. The Hall–Kier alpha value is -3.91. The van der Waals surface area contributed by atoms with Crippen molar-refractivity contribution in [2.45, 2.75) is 24.9 Å². The van der Waals surface area contributed by atoms with E-state index in [1.54, 1.807) is 6.07 Å². The highest BCUT2D eigenvalue weighted by atomic mass is 32.2. The molecule has 0 spiro atoms. The van der Waals surface area contributed by atoms with Crippen LogP contribution in [0.4, 0.5) is 5.69 Å². The molecule has 0 radical (unpaired) electrons. The number of benzene rings is 3. The molecule has 1 aliphatic rings. The standard InChI is InChI=1S/C28H27N5O2S/c1-20-11-10-16-23(25(20)27(35)32-17-8-9-18-32)29-24(34)19-36-28-31-30-26(21-12-4-2-5-13-21)33(28)22-14-6-3-7-15-22/h2-7,10-16H,8-9,17-19H2,1H3,(H,29,34). The minimum atomic E-state index is -0.204. The number of rotatable bonds is 7. The number of thioether (sulfide) groups is 1. The van der Waals surface area contributed by atoms with Crippen molar-refractivity contribution in [1.29, 1.82) is 0 Å². The zero-order valence-electron chi connectivity index (χ0n) is 20.1. The molecule has 4 aromatic rings. The van der Waals surface area contributed by atoms with Crippen LogP contribution in [0, 0.1) is 6.92 Å². The Morgan fingerprint density at radius 1 is 0.889 bits per heavy atom. The van der Waals surface area contributed by atoms with Crippen LogP contribution in [0.5, 0.6) is 0 Å². The van der Waals surface area contributed by atoms with Crippen LogP contribution in [-0.4, -0.2) is 50.3 Å². The topological polar surface area (TPSA) is 80.1 Å². The quantitative estimate of drug-likeness (QED) is 0.355. The third kappa shape index (κ3) is 5.04. The average Bonchev–Trinajstić information content (AvgIpc) is 3.59. The van der Waals surface area contributed by atoms with Crippen LogP contribution >= 0.6 is 11.8 Å². The van der Waals surface area contributed by atoms with Gasteiger partial charge in [-0.3, -0.25) is 14.2 Å². The maximum atomic E-state index is 13.1. The summed E-state index contributed by atoms with van der Waals surface area (Å²) in [5, 5.41) is 12.4. The number of amides is 2. The number of aromatic nitrogens is 3. The van der Waals surface area contributed by atoms with Gasteiger partial charge in [0.05, 0.1) is 17.0 Å². The van der Waals surface area contributed by atoms with E-state index in [0.29, 0.717) is 22.2 Å². The van der Waals surface area contributed by atoms with E-state index in [2.05, 4.69) is 15.5 Å². The SMILES string of the molecule is Cc1cccc(NC(=O)CSc2nnc(-c3ccccc3)n2-c2ccccc2)c1C(=O)N1CCCC1. The Kier molecular flexibility index (Phi) is 7.13. The summed E-state index contributed by atoms with van der Waals surface area (Å²) in [5.74, 6) is 0.613. The van der Waals surface area contributed by atoms with Gasteiger partial charge in [0, 0.05) is 24.3 Å². The molecule has 0 saturated carbocycles. The van der Waals surface area contributed by atoms with Gasteiger partial charge in [-0.25, -0.2) is 0 Å². The van der Waals surface area contributed by atoms with Gasteiger partial charge in [-0.15, -0.1) is 10.2 Å². The average molecular weight is 498 g/mol. The Balaban J connectivity index is 1.36. The van der Waals surface area contributed by atoms with Gasteiger partial charge in [-0.05, 0) is 43.5 Å². The number of hydrogen-bond donors (Lipinski definition) is 1. The molecule has 1 aromatic heterocycles. The van der Waals surface area contributed by atoms with Crippen LogP contribution in [-0.2, 0) is 4.79 Å². The molecule has 7 nitrogen and oxygen atoms in total. The molecular formula is C28H27N5O2S. The number of nitrogens with one attached hydrogen (secondary N) is 1. The van der Waals surface area contributed by atoms with E-state index in [1.165, 1.54) is 11.8 Å². The molecule has 0 bridgehead atoms. The van der Waals surface area contributed by atoms with E-state index in [-0.39, 0.29) is 17.6 Å². The molecular weight excluding hydrogens is 470 g/mol. The van der Waals surface area contributed by atoms with Gasteiger partial charge in [0.25, 0.3) is 5.91 Å². The smallest absolute Gasteiger partial charge is 0.256 e. The number of anilines is 1. The summed E-state index contributed by atoms with van der Waals surface area (Å²) in [6, 6.07) is 25.3. The van der Waals surface area contributed by atoms with Gasteiger partial charge >= 0.3 is 0 Å². The van der Waals surface area contributed by atoms with E-state index in [4.69, 9.17) is 0 Å². The fourth-order valence-electron chi connectivity index (χ4n) is 4.40. The van der Waals surface area contributed by atoms with Crippen LogP contribution in [0.15, 0.2) is 84.0 Å². The van der Waals surface area contributed by atoms with Crippen molar-refractivity contribution in [2.24, 2.45) is 0 Å². The number of nitrogens with zero attached hydrogens (tertiary/aromatic N) is 4. The molecule has 0 atom stereocenters. The molecule has 36 heavy (non-hydrogen) atoms. The highest BCUT2D eigenvalue weighted by molar-refractivity contribution is 7.99. The number of likely N-dealkylation sites (tertiary alicyclic amines) is 1. The Morgan fingerprint density at radius 2 is 1.58 bits per heavy atom. The fourth-order valence-corrected chi connectivity index (χ4v) is 5.15. The highest BCUT2D eigenvalue weighted by Crippen LogP contribution is 2.29. The predicted molar refractivity (Wildman–Crippen MR) is 142 cm³/mol. The summed E-state index contributed by atoms with van der Waals surface area (Å²) in [6.45, 7) is 3.42. The number of carbonyl (C=O) groups excluding carboxylic acids is 2. The summed E-state index contributed by atoms with van der Waals surface area (Å²) in [5.41, 5.74) is 3.83. The van der Waals surface area contributed by atoms with E-state index in [9.17, 15) is 9.59 Å². The second kappa shape index (κ2) is 10.8. The van der Waals surface area contributed by atoms with Crippen molar-refractivity contribution >= 4 is 29.3 Å². The Bertz CT molecular complexity index is 1370. The first-order chi connectivity index (χ1) is 17.6. The molecule has 0 aliphatic carbocycles. The van der Waals surface area contributed by atoms with Crippen LogP contribution < -0.4 is 5.32 Å². The molecule has 1 N–H and O–H groups in total. The van der Waals surface area contributed by atoms with E-state index >= 15 is 0 Å².